The van der Waals surface area contributed by atoms with Crippen LogP contribution in [0.4, 0.5) is 0 Å². The summed E-state index contributed by atoms with van der Waals surface area (Å²) in [6, 6.07) is 54.0. The fourth-order valence-electron chi connectivity index (χ4n) is 7.37. The molecule has 2 unspecified atom stereocenters. The van der Waals surface area contributed by atoms with Gasteiger partial charge in [0.2, 0.25) is 0 Å². The fraction of sp³-hybridized carbons (Fsp3) is 0.0732. The molecule has 2 aliphatic carbocycles. The van der Waals surface area contributed by atoms with Gasteiger partial charge in [-0.25, -0.2) is 0 Å². The number of hydrogen-bond acceptors (Lipinski definition) is 0. The van der Waals surface area contributed by atoms with Crippen molar-refractivity contribution in [3.05, 3.63) is 157 Å². The van der Waals surface area contributed by atoms with Crippen LogP contribution in [0.25, 0.3) is 66.1 Å². The molecule has 1 fully saturated rings. The first-order valence-corrected chi connectivity index (χ1v) is 14.7. The van der Waals surface area contributed by atoms with Crippen molar-refractivity contribution in [1.82, 2.24) is 0 Å². The van der Waals surface area contributed by atoms with Crippen molar-refractivity contribution >= 4 is 21.5 Å². The Morgan fingerprint density at radius 1 is 0.390 bits per heavy atom. The highest BCUT2D eigenvalue weighted by molar-refractivity contribution is 6.15. The van der Waals surface area contributed by atoms with Crippen molar-refractivity contribution in [2.45, 2.75) is 18.3 Å². The van der Waals surface area contributed by atoms with Gasteiger partial charge in [-0.05, 0) is 102 Å². The van der Waals surface area contributed by atoms with Gasteiger partial charge in [-0.3, -0.25) is 0 Å². The van der Waals surface area contributed by atoms with Crippen LogP contribution in [0.2, 0.25) is 0 Å². The Morgan fingerprint density at radius 3 is 1.85 bits per heavy atom. The van der Waals surface area contributed by atoms with Gasteiger partial charge >= 0.3 is 0 Å². The van der Waals surface area contributed by atoms with Crippen LogP contribution in [-0.2, 0) is 0 Å². The first kappa shape index (κ1) is 22.8. The second kappa shape index (κ2) is 8.78. The van der Waals surface area contributed by atoms with Gasteiger partial charge in [0.25, 0.3) is 0 Å². The molecule has 2 aliphatic rings. The molecule has 0 heteroatoms. The van der Waals surface area contributed by atoms with Gasteiger partial charge in [0, 0.05) is 0 Å². The highest BCUT2D eigenvalue weighted by atomic mass is 14.5. The summed E-state index contributed by atoms with van der Waals surface area (Å²) in [7, 11) is 0. The van der Waals surface area contributed by atoms with E-state index >= 15 is 0 Å². The molecular formula is C41H28. The zero-order valence-electron chi connectivity index (χ0n) is 22.7. The highest BCUT2D eigenvalue weighted by Gasteiger charge is 2.45. The van der Waals surface area contributed by atoms with E-state index in [9.17, 15) is 0 Å². The lowest BCUT2D eigenvalue weighted by Gasteiger charge is -2.17. The van der Waals surface area contributed by atoms with Crippen LogP contribution in [0, 0.1) is 0 Å². The molecule has 0 aliphatic heterocycles. The minimum absolute atomic E-state index is 0.570. The summed E-state index contributed by atoms with van der Waals surface area (Å²) in [5.41, 5.74) is 13.6. The topological polar surface area (TPSA) is 0 Å². The van der Waals surface area contributed by atoms with Crippen molar-refractivity contribution in [2.75, 3.05) is 0 Å². The van der Waals surface area contributed by atoms with Crippen molar-refractivity contribution in [3.63, 3.8) is 0 Å². The molecule has 0 N–H and O–H groups in total. The van der Waals surface area contributed by atoms with E-state index in [-0.39, 0.29) is 0 Å². The van der Waals surface area contributed by atoms with Gasteiger partial charge in [0.05, 0.1) is 0 Å². The highest BCUT2D eigenvalue weighted by Crippen LogP contribution is 2.63. The van der Waals surface area contributed by atoms with Crippen LogP contribution in [-0.4, -0.2) is 0 Å². The van der Waals surface area contributed by atoms with E-state index in [0.717, 1.165) is 0 Å². The van der Waals surface area contributed by atoms with Gasteiger partial charge < -0.3 is 0 Å². The zero-order valence-corrected chi connectivity index (χ0v) is 22.7. The smallest absolute Gasteiger partial charge is 0.00637 e. The van der Waals surface area contributed by atoms with E-state index in [2.05, 4.69) is 146 Å². The molecule has 0 heterocycles. The molecule has 41 heavy (non-hydrogen) atoms. The summed E-state index contributed by atoms with van der Waals surface area (Å²) in [5.74, 6) is 1.16. The van der Waals surface area contributed by atoms with Gasteiger partial charge in [-0.1, -0.05) is 140 Å². The SMILES string of the molecule is c1ccc(-c2cccc(-c3ccc(-c4cccc5c4C4CC4c4cc6ccccc6c6cccc-5c46)cc3)c2)cc1. The lowest BCUT2D eigenvalue weighted by molar-refractivity contribution is 1.05. The third kappa shape index (κ3) is 3.54. The molecule has 2 atom stereocenters. The summed E-state index contributed by atoms with van der Waals surface area (Å²) < 4.78 is 0. The molecule has 0 saturated heterocycles. The minimum Gasteiger partial charge on any atom is -0.0622 e. The van der Waals surface area contributed by atoms with E-state index in [1.165, 1.54) is 83.6 Å². The normalized spacial score (nSPS) is 16.7. The third-order valence-electron chi connectivity index (χ3n) is 9.37. The number of hydrogen-bond donors (Lipinski definition) is 0. The lowest BCUT2D eigenvalue weighted by atomic mass is 9.87. The van der Waals surface area contributed by atoms with Gasteiger partial charge in [0.1, 0.15) is 0 Å². The molecule has 7 aromatic rings. The maximum absolute atomic E-state index is 2.48. The van der Waals surface area contributed by atoms with Crippen LogP contribution in [0.15, 0.2) is 146 Å². The zero-order chi connectivity index (χ0) is 26.9. The van der Waals surface area contributed by atoms with Crippen LogP contribution in [0.5, 0.6) is 0 Å². The largest absolute Gasteiger partial charge is 0.0622 e. The van der Waals surface area contributed by atoms with Crippen molar-refractivity contribution in [2.24, 2.45) is 0 Å². The summed E-state index contributed by atoms with van der Waals surface area (Å²) in [4.78, 5) is 0. The second-order valence-corrected chi connectivity index (χ2v) is 11.7. The molecule has 0 radical (unpaired) electrons. The summed E-state index contributed by atoms with van der Waals surface area (Å²) >= 11 is 0. The number of fused-ring (bicyclic) bond motifs is 7. The molecule has 7 aromatic carbocycles. The molecule has 1 saturated carbocycles. The van der Waals surface area contributed by atoms with Crippen molar-refractivity contribution in [1.29, 1.82) is 0 Å². The Hall–Kier alpha value is -4.94. The van der Waals surface area contributed by atoms with Crippen molar-refractivity contribution < 1.29 is 0 Å². The summed E-state index contributed by atoms with van der Waals surface area (Å²) in [6.07, 6.45) is 1.23. The molecule has 0 aromatic heterocycles. The van der Waals surface area contributed by atoms with Gasteiger partial charge in [-0.15, -0.1) is 0 Å². The third-order valence-corrected chi connectivity index (χ3v) is 9.37. The Bertz CT molecular complexity index is 2120. The predicted octanol–water partition coefficient (Wildman–Crippen LogP) is 11.2. The van der Waals surface area contributed by atoms with Crippen LogP contribution < -0.4 is 0 Å². The molecule has 192 valence electrons. The Kier molecular flexibility index (Phi) is 4.89. The maximum atomic E-state index is 2.48. The molecule has 0 bridgehead atoms. The van der Waals surface area contributed by atoms with Crippen molar-refractivity contribution in [3.8, 4) is 44.5 Å². The van der Waals surface area contributed by atoms with Crippen LogP contribution in [0.3, 0.4) is 0 Å². The average Bonchev–Trinajstić information content (AvgIpc) is 3.86. The molecule has 0 nitrogen and oxygen atoms in total. The average molecular weight is 521 g/mol. The maximum Gasteiger partial charge on any atom is -0.00637 e. The Labute approximate surface area is 240 Å². The van der Waals surface area contributed by atoms with Gasteiger partial charge in [0.15, 0.2) is 0 Å². The monoisotopic (exact) mass is 520 g/mol. The quantitative estimate of drug-likeness (QED) is 0.203. The molecule has 0 spiro atoms. The minimum atomic E-state index is 0.570. The first-order valence-electron chi connectivity index (χ1n) is 14.7. The standard InChI is InChI=1S/C41H28/c1-2-9-26(10-3-1)29-12-6-13-30(23-29)27-19-21-28(22-20-27)33-15-7-17-35-36-18-8-16-34-32-14-5-4-11-31(32)24-38(41(34)36)37-25-39(37)40(33)35/h1-24,37,39H,25H2. The Morgan fingerprint density at radius 2 is 1.00 bits per heavy atom. The molecular weight excluding hydrogens is 492 g/mol. The Balaban J connectivity index is 1.16. The van der Waals surface area contributed by atoms with Crippen LogP contribution >= 0.6 is 0 Å². The van der Waals surface area contributed by atoms with E-state index in [4.69, 9.17) is 0 Å². The lowest BCUT2D eigenvalue weighted by Crippen LogP contribution is -1.93. The molecule has 9 rings (SSSR count). The molecule has 0 amide bonds. The van der Waals surface area contributed by atoms with E-state index < -0.39 is 0 Å². The van der Waals surface area contributed by atoms with E-state index in [1.807, 2.05) is 0 Å². The first-order chi connectivity index (χ1) is 20.3. The predicted molar refractivity (Wildman–Crippen MR) is 173 cm³/mol. The summed E-state index contributed by atoms with van der Waals surface area (Å²) in [6.45, 7) is 0. The number of benzene rings is 7. The van der Waals surface area contributed by atoms with E-state index in [1.54, 1.807) is 0 Å². The second-order valence-electron chi connectivity index (χ2n) is 11.7. The fourth-order valence-corrected chi connectivity index (χ4v) is 7.37. The van der Waals surface area contributed by atoms with E-state index in [0.29, 0.717) is 11.8 Å². The van der Waals surface area contributed by atoms with Crippen LogP contribution in [0.1, 0.15) is 29.4 Å². The van der Waals surface area contributed by atoms with Gasteiger partial charge in [-0.2, -0.15) is 0 Å². The number of rotatable bonds is 3. The summed E-state index contributed by atoms with van der Waals surface area (Å²) in [5, 5.41) is 5.57.